The number of carbonyl (C=O) groups excluding carboxylic acids is 1. The third kappa shape index (κ3) is 5.43. The molecular weight excluding hydrogens is 298 g/mol. The molecule has 1 aromatic rings. The van der Waals surface area contributed by atoms with Crippen LogP contribution in [0, 0.1) is 5.92 Å². The molecule has 0 aliphatic heterocycles. The lowest BCUT2D eigenvalue weighted by atomic mass is 10.0. The lowest BCUT2D eigenvalue weighted by Gasteiger charge is -2.17. The first-order chi connectivity index (χ1) is 9.41. The van der Waals surface area contributed by atoms with Crippen molar-refractivity contribution >= 4 is 35.2 Å². The molecule has 2 N–H and O–H groups in total. The topological polar surface area (TPSA) is 66.4 Å². The molecule has 0 heterocycles. The smallest absolute Gasteiger partial charge is 0.326 e. The molecular formula is C14H18ClNO3S. The summed E-state index contributed by atoms with van der Waals surface area (Å²) in [6.45, 7) is 3.52. The van der Waals surface area contributed by atoms with Gasteiger partial charge >= 0.3 is 5.97 Å². The Labute approximate surface area is 127 Å². The van der Waals surface area contributed by atoms with E-state index in [1.165, 1.54) is 11.8 Å². The van der Waals surface area contributed by atoms with Crippen molar-refractivity contribution < 1.29 is 14.7 Å². The summed E-state index contributed by atoms with van der Waals surface area (Å²) < 4.78 is 0. The molecule has 4 nitrogen and oxygen atoms in total. The molecule has 0 saturated carbocycles. The average Bonchev–Trinajstić information content (AvgIpc) is 2.37. The van der Waals surface area contributed by atoms with Gasteiger partial charge < -0.3 is 10.4 Å². The first-order valence-electron chi connectivity index (χ1n) is 6.31. The SMILES string of the molecule is CC(C)C(NC(=O)CCSc1ccccc1Cl)C(=O)O. The van der Waals surface area contributed by atoms with Crippen molar-refractivity contribution in [3.8, 4) is 0 Å². The van der Waals surface area contributed by atoms with Crippen LogP contribution in [0.15, 0.2) is 29.2 Å². The van der Waals surface area contributed by atoms with Gasteiger partial charge in [0.1, 0.15) is 6.04 Å². The average molecular weight is 316 g/mol. The minimum atomic E-state index is -1.01. The highest BCUT2D eigenvalue weighted by Crippen LogP contribution is 2.26. The zero-order valence-corrected chi connectivity index (χ0v) is 13.0. The van der Waals surface area contributed by atoms with Gasteiger partial charge in [-0.2, -0.15) is 0 Å². The van der Waals surface area contributed by atoms with Crippen LogP contribution in [-0.2, 0) is 9.59 Å². The number of hydrogen-bond donors (Lipinski definition) is 2. The quantitative estimate of drug-likeness (QED) is 0.759. The van der Waals surface area contributed by atoms with Gasteiger partial charge in [-0.3, -0.25) is 4.79 Å². The van der Waals surface area contributed by atoms with Gasteiger partial charge in [-0.15, -0.1) is 11.8 Å². The Morgan fingerprint density at radius 3 is 2.55 bits per heavy atom. The maximum atomic E-state index is 11.7. The lowest BCUT2D eigenvalue weighted by molar-refractivity contribution is -0.143. The molecule has 20 heavy (non-hydrogen) atoms. The Hall–Kier alpha value is -1.20. The fourth-order valence-corrected chi connectivity index (χ4v) is 2.76. The van der Waals surface area contributed by atoms with Gasteiger partial charge in [-0.1, -0.05) is 37.6 Å². The van der Waals surface area contributed by atoms with E-state index in [2.05, 4.69) is 5.32 Å². The maximum absolute atomic E-state index is 11.7. The first kappa shape index (κ1) is 16.9. The van der Waals surface area contributed by atoms with Gasteiger partial charge in [-0.25, -0.2) is 4.79 Å². The highest BCUT2D eigenvalue weighted by Gasteiger charge is 2.22. The summed E-state index contributed by atoms with van der Waals surface area (Å²) in [5.74, 6) is -0.856. The fourth-order valence-electron chi connectivity index (χ4n) is 1.57. The molecule has 1 amide bonds. The highest BCUT2D eigenvalue weighted by molar-refractivity contribution is 7.99. The summed E-state index contributed by atoms with van der Waals surface area (Å²) in [6.07, 6.45) is 0.256. The summed E-state index contributed by atoms with van der Waals surface area (Å²) in [6, 6.07) is 6.57. The molecule has 0 aliphatic carbocycles. The third-order valence-electron chi connectivity index (χ3n) is 2.67. The molecule has 6 heteroatoms. The summed E-state index contributed by atoms with van der Waals surface area (Å²) in [5.41, 5.74) is 0. The Balaban J connectivity index is 2.40. The van der Waals surface area contributed by atoms with E-state index in [1.54, 1.807) is 19.9 Å². The van der Waals surface area contributed by atoms with Crippen LogP contribution in [0.2, 0.25) is 5.02 Å². The van der Waals surface area contributed by atoms with Gasteiger partial charge in [0.15, 0.2) is 0 Å². The molecule has 1 atom stereocenters. The van der Waals surface area contributed by atoms with Crippen LogP contribution in [0.3, 0.4) is 0 Å². The maximum Gasteiger partial charge on any atom is 0.326 e. The van der Waals surface area contributed by atoms with Crippen LogP contribution in [0.4, 0.5) is 0 Å². The second-order valence-electron chi connectivity index (χ2n) is 4.66. The monoisotopic (exact) mass is 315 g/mol. The van der Waals surface area contributed by atoms with Crippen molar-refractivity contribution in [3.05, 3.63) is 29.3 Å². The standard InChI is InChI=1S/C14H18ClNO3S/c1-9(2)13(14(18)19)16-12(17)7-8-20-11-6-4-3-5-10(11)15/h3-6,9,13H,7-8H2,1-2H3,(H,16,17)(H,18,19). The molecule has 0 spiro atoms. The predicted molar refractivity (Wildman–Crippen MR) is 81.2 cm³/mol. The first-order valence-corrected chi connectivity index (χ1v) is 7.67. The number of carboxylic acids is 1. The van der Waals surface area contributed by atoms with Gasteiger partial charge in [0.05, 0.1) is 5.02 Å². The minimum absolute atomic E-state index is 0.146. The molecule has 1 aromatic carbocycles. The van der Waals surface area contributed by atoms with E-state index in [4.69, 9.17) is 16.7 Å². The van der Waals surface area contributed by atoms with E-state index < -0.39 is 12.0 Å². The summed E-state index contributed by atoms with van der Waals surface area (Å²) >= 11 is 7.49. The molecule has 0 saturated heterocycles. The molecule has 0 fully saturated rings. The number of carbonyl (C=O) groups is 2. The summed E-state index contributed by atoms with van der Waals surface area (Å²) in [7, 11) is 0. The Kier molecular flexibility index (Phi) is 6.88. The molecule has 0 aromatic heterocycles. The van der Waals surface area contributed by atoms with Crippen LogP contribution in [0.25, 0.3) is 0 Å². The molecule has 110 valence electrons. The normalized spacial score (nSPS) is 12.2. The van der Waals surface area contributed by atoms with Gasteiger partial charge in [-0.05, 0) is 18.1 Å². The van der Waals surface area contributed by atoms with Gasteiger partial charge in [0, 0.05) is 17.1 Å². The number of nitrogens with one attached hydrogen (secondary N) is 1. The van der Waals surface area contributed by atoms with E-state index in [1.807, 2.05) is 18.2 Å². The van der Waals surface area contributed by atoms with Crippen LogP contribution in [-0.4, -0.2) is 28.8 Å². The van der Waals surface area contributed by atoms with Crippen molar-refractivity contribution in [1.82, 2.24) is 5.32 Å². The fraction of sp³-hybridized carbons (Fsp3) is 0.429. The van der Waals surface area contributed by atoms with E-state index in [0.717, 1.165) is 4.90 Å². The number of amides is 1. The number of hydrogen-bond acceptors (Lipinski definition) is 3. The van der Waals surface area contributed by atoms with Crippen molar-refractivity contribution in [2.24, 2.45) is 5.92 Å². The zero-order valence-electron chi connectivity index (χ0n) is 11.4. The van der Waals surface area contributed by atoms with Gasteiger partial charge in [0.2, 0.25) is 5.91 Å². The van der Waals surface area contributed by atoms with Gasteiger partial charge in [0.25, 0.3) is 0 Å². The van der Waals surface area contributed by atoms with Crippen molar-refractivity contribution in [2.75, 3.05) is 5.75 Å². The van der Waals surface area contributed by atoms with E-state index in [9.17, 15) is 9.59 Å². The van der Waals surface area contributed by atoms with E-state index in [-0.39, 0.29) is 18.2 Å². The van der Waals surface area contributed by atoms with Crippen LogP contribution < -0.4 is 5.32 Å². The highest BCUT2D eigenvalue weighted by atomic mass is 35.5. The molecule has 0 radical (unpaired) electrons. The zero-order chi connectivity index (χ0) is 15.1. The molecule has 0 aliphatic rings. The summed E-state index contributed by atoms with van der Waals surface area (Å²) in [5, 5.41) is 12.2. The number of halogens is 1. The van der Waals surface area contributed by atoms with Crippen LogP contribution >= 0.6 is 23.4 Å². The number of rotatable bonds is 7. The molecule has 1 rings (SSSR count). The van der Waals surface area contributed by atoms with Crippen LogP contribution in [0.5, 0.6) is 0 Å². The minimum Gasteiger partial charge on any atom is -0.480 e. The number of benzene rings is 1. The summed E-state index contributed by atoms with van der Waals surface area (Å²) in [4.78, 5) is 23.6. The lowest BCUT2D eigenvalue weighted by Crippen LogP contribution is -2.44. The van der Waals surface area contributed by atoms with E-state index >= 15 is 0 Å². The predicted octanol–water partition coefficient (Wildman–Crippen LogP) is 3.05. The van der Waals surface area contributed by atoms with Crippen LogP contribution in [0.1, 0.15) is 20.3 Å². The van der Waals surface area contributed by atoms with Crippen molar-refractivity contribution in [2.45, 2.75) is 31.2 Å². The Bertz CT molecular complexity index is 479. The number of aliphatic carboxylic acids is 1. The third-order valence-corrected chi connectivity index (χ3v) is 4.19. The molecule has 1 unspecified atom stereocenters. The van der Waals surface area contributed by atoms with E-state index in [0.29, 0.717) is 10.8 Å². The number of thioether (sulfide) groups is 1. The van der Waals surface area contributed by atoms with Crippen molar-refractivity contribution in [1.29, 1.82) is 0 Å². The second kappa shape index (κ2) is 8.17. The Morgan fingerprint density at radius 2 is 2.00 bits per heavy atom. The molecule has 0 bridgehead atoms. The van der Waals surface area contributed by atoms with Crippen molar-refractivity contribution in [3.63, 3.8) is 0 Å². The largest absolute Gasteiger partial charge is 0.480 e. The Morgan fingerprint density at radius 1 is 1.35 bits per heavy atom. The number of carboxylic acid groups (broad SMARTS) is 1. The second-order valence-corrected chi connectivity index (χ2v) is 6.20.